The third-order valence-corrected chi connectivity index (χ3v) is 9.26. The Balaban J connectivity index is 2.10. The fraction of sp³-hybridized carbons (Fsp3) is 0.737. The summed E-state index contributed by atoms with van der Waals surface area (Å²) in [4.78, 5) is 42.0. The number of thioether (sulfide) groups is 1. The van der Waals surface area contributed by atoms with Crippen molar-refractivity contribution in [2.75, 3.05) is 19.7 Å². The van der Waals surface area contributed by atoms with Crippen LogP contribution < -0.4 is 0 Å². The summed E-state index contributed by atoms with van der Waals surface area (Å²) in [5.74, 6) is -3.13. The predicted octanol–water partition coefficient (Wildman–Crippen LogP) is 1.34. The number of carbonyl (C=O) groups is 3. The number of amides is 2. The molecule has 7 nitrogen and oxygen atoms in total. The molecular weight excluding hydrogens is 448 g/mol. The third-order valence-electron chi connectivity index (χ3n) is 6.04. The summed E-state index contributed by atoms with van der Waals surface area (Å²) < 4.78 is -0.796. The number of hydrogen-bond acceptors (Lipinski definition) is 5. The van der Waals surface area contributed by atoms with Crippen molar-refractivity contribution in [1.29, 1.82) is 0 Å². The van der Waals surface area contributed by atoms with E-state index in [0.717, 1.165) is 0 Å². The number of alkyl halides is 1. The van der Waals surface area contributed by atoms with E-state index in [2.05, 4.69) is 22.5 Å². The van der Waals surface area contributed by atoms with E-state index < -0.39 is 34.1 Å². The van der Waals surface area contributed by atoms with E-state index in [1.54, 1.807) is 11.0 Å². The normalized spacial score (nSPS) is 36.5. The first kappa shape index (κ1) is 21.6. The summed E-state index contributed by atoms with van der Waals surface area (Å²) >= 11 is 5.06. The number of nitrogens with zero attached hydrogens (tertiary/aromatic N) is 2. The quantitative estimate of drug-likeness (QED) is 0.445. The molecule has 3 rings (SSSR count). The fourth-order valence-corrected chi connectivity index (χ4v) is 8.61. The van der Waals surface area contributed by atoms with Crippen molar-refractivity contribution in [3.63, 3.8) is 0 Å². The van der Waals surface area contributed by atoms with Gasteiger partial charge in [0.25, 0.3) is 0 Å². The maximum absolute atomic E-state index is 13.7. The number of hydrogen-bond donors (Lipinski definition) is 2. The summed E-state index contributed by atoms with van der Waals surface area (Å²) in [5.41, 5.74) is -0.491. The first-order valence-electron chi connectivity index (χ1n) is 9.39. The molecule has 156 valence electrons. The average Bonchev–Trinajstić information content (AvgIpc) is 3.16. The van der Waals surface area contributed by atoms with Crippen molar-refractivity contribution >= 4 is 45.5 Å². The molecule has 6 atom stereocenters. The van der Waals surface area contributed by atoms with Crippen molar-refractivity contribution < 1.29 is 24.6 Å². The minimum atomic E-state index is -1.00. The van der Waals surface area contributed by atoms with Crippen LogP contribution in [0.3, 0.4) is 0 Å². The van der Waals surface area contributed by atoms with E-state index in [1.165, 1.54) is 16.7 Å². The van der Waals surface area contributed by atoms with Gasteiger partial charge in [-0.1, -0.05) is 22.0 Å². The minimum absolute atomic E-state index is 0.0179. The molecule has 0 aromatic rings. The number of likely N-dealkylation sites (tertiary alicyclic amines) is 1. The van der Waals surface area contributed by atoms with Gasteiger partial charge in [0.2, 0.25) is 11.8 Å². The van der Waals surface area contributed by atoms with Crippen LogP contribution in [-0.4, -0.2) is 83.9 Å². The molecule has 3 unspecified atom stereocenters. The number of fused-ring (bicyclic) bond motifs is 1. The van der Waals surface area contributed by atoms with E-state index in [4.69, 9.17) is 0 Å². The molecule has 0 aliphatic carbocycles. The molecule has 3 aliphatic rings. The molecule has 3 heterocycles. The van der Waals surface area contributed by atoms with Crippen molar-refractivity contribution in [2.24, 2.45) is 11.8 Å². The lowest BCUT2D eigenvalue weighted by atomic mass is 9.71. The van der Waals surface area contributed by atoms with Crippen molar-refractivity contribution in [3.8, 4) is 0 Å². The number of aliphatic hydroxyl groups excluding tert-OH is 1. The zero-order valence-corrected chi connectivity index (χ0v) is 18.7. The first-order valence-corrected chi connectivity index (χ1v) is 11.2. The summed E-state index contributed by atoms with van der Waals surface area (Å²) in [6, 6.07) is -0.796. The molecule has 9 heteroatoms. The molecule has 3 aliphatic heterocycles. The standard InChI is InChI=1S/C19H27BrN2O5S/c1-5-6-22(18(2,3)4)16(25)14-19-9-10(20)13(28-19)11(17(26)27)12(19)15(24)21(14)7-8-23/h5,10-14,23H,1,6-9H2,2-4H3,(H,26,27)/t10?,11-,12-,13-,14?,19?/m0/s1. The number of carbonyl (C=O) groups excluding carboxylic acids is 2. The zero-order chi connectivity index (χ0) is 21.0. The van der Waals surface area contributed by atoms with Gasteiger partial charge in [-0.25, -0.2) is 0 Å². The van der Waals surface area contributed by atoms with Gasteiger partial charge in [0, 0.05) is 28.7 Å². The Hall–Kier alpha value is -1.06. The third kappa shape index (κ3) is 3.01. The molecule has 3 fully saturated rings. The first-order chi connectivity index (χ1) is 13.0. The molecule has 2 amide bonds. The molecule has 1 spiro atoms. The summed E-state index contributed by atoms with van der Waals surface area (Å²) in [6.45, 7) is 9.58. The van der Waals surface area contributed by atoms with Gasteiger partial charge in [-0.2, -0.15) is 0 Å². The van der Waals surface area contributed by atoms with Gasteiger partial charge < -0.3 is 20.0 Å². The van der Waals surface area contributed by atoms with Crippen molar-refractivity contribution in [1.82, 2.24) is 9.80 Å². The van der Waals surface area contributed by atoms with Crippen LogP contribution >= 0.6 is 27.7 Å². The zero-order valence-electron chi connectivity index (χ0n) is 16.3. The molecule has 0 saturated carbocycles. The number of carboxylic acids is 1. The largest absolute Gasteiger partial charge is 0.481 e. The average molecular weight is 475 g/mol. The van der Waals surface area contributed by atoms with E-state index >= 15 is 0 Å². The van der Waals surface area contributed by atoms with Crippen LogP contribution in [0, 0.1) is 11.8 Å². The van der Waals surface area contributed by atoms with Crippen LogP contribution in [0.15, 0.2) is 12.7 Å². The fourth-order valence-electron chi connectivity index (χ4n) is 5.01. The van der Waals surface area contributed by atoms with Gasteiger partial charge in [0.1, 0.15) is 6.04 Å². The van der Waals surface area contributed by atoms with Crippen molar-refractivity contribution in [2.45, 2.75) is 53.6 Å². The molecule has 0 aromatic heterocycles. The Morgan fingerprint density at radius 2 is 2.11 bits per heavy atom. The number of halogens is 1. The lowest BCUT2D eigenvalue weighted by Gasteiger charge is -2.42. The summed E-state index contributed by atoms with van der Waals surface area (Å²) in [6.07, 6.45) is 2.20. The van der Waals surface area contributed by atoms with Gasteiger partial charge in [-0.05, 0) is 27.2 Å². The van der Waals surface area contributed by atoms with Crippen LogP contribution in [0.5, 0.6) is 0 Å². The van der Waals surface area contributed by atoms with Crippen LogP contribution in [0.25, 0.3) is 0 Å². The highest BCUT2D eigenvalue weighted by Gasteiger charge is 2.76. The number of aliphatic carboxylic acids is 1. The maximum Gasteiger partial charge on any atom is 0.308 e. The Labute approximate surface area is 177 Å². The second kappa shape index (κ2) is 7.32. The van der Waals surface area contributed by atoms with Crippen LogP contribution in [0.2, 0.25) is 0 Å². The van der Waals surface area contributed by atoms with Gasteiger partial charge in [0.05, 0.1) is 23.2 Å². The molecule has 3 saturated heterocycles. The van der Waals surface area contributed by atoms with Crippen LogP contribution in [-0.2, 0) is 14.4 Å². The Kier molecular flexibility index (Phi) is 5.66. The lowest BCUT2D eigenvalue weighted by Crippen LogP contribution is -2.59. The molecule has 2 N–H and O–H groups in total. The van der Waals surface area contributed by atoms with Crippen LogP contribution in [0.4, 0.5) is 0 Å². The minimum Gasteiger partial charge on any atom is -0.481 e. The Bertz CT molecular complexity index is 711. The number of β-amino-alcohol motifs (C(OH)–C–C–N with tert-alkyl or cyclic N) is 1. The molecular formula is C19H27BrN2O5S. The topological polar surface area (TPSA) is 98.2 Å². The Morgan fingerprint density at radius 1 is 1.46 bits per heavy atom. The van der Waals surface area contributed by atoms with E-state index in [9.17, 15) is 24.6 Å². The lowest BCUT2D eigenvalue weighted by molar-refractivity contribution is -0.148. The highest BCUT2D eigenvalue weighted by atomic mass is 79.9. The number of rotatable bonds is 6. The van der Waals surface area contributed by atoms with E-state index in [-0.39, 0.29) is 35.0 Å². The van der Waals surface area contributed by atoms with Gasteiger partial charge in [-0.3, -0.25) is 14.4 Å². The van der Waals surface area contributed by atoms with Gasteiger partial charge >= 0.3 is 5.97 Å². The monoisotopic (exact) mass is 474 g/mol. The molecule has 0 aromatic carbocycles. The molecule has 28 heavy (non-hydrogen) atoms. The Morgan fingerprint density at radius 3 is 2.61 bits per heavy atom. The van der Waals surface area contributed by atoms with Gasteiger partial charge in [0.15, 0.2) is 0 Å². The summed E-state index contributed by atoms with van der Waals surface area (Å²) in [7, 11) is 0. The van der Waals surface area contributed by atoms with Crippen LogP contribution in [0.1, 0.15) is 27.2 Å². The maximum atomic E-state index is 13.7. The smallest absolute Gasteiger partial charge is 0.308 e. The highest BCUT2D eigenvalue weighted by Crippen LogP contribution is 2.67. The van der Waals surface area contributed by atoms with E-state index in [0.29, 0.717) is 13.0 Å². The molecule has 2 bridgehead atoms. The van der Waals surface area contributed by atoms with Gasteiger partial charge in [-0.15, -0.1) is 18.3 Å². The number of aliphatic hydroxyl groups is 1. The second-order valence-electron chi connectivity index (χ2n) is 8.67. The molecule has 0 radical (unpaired) electrons. The second-order valence-corrected chi connectivity index (χ2v) is 11.4. The highest BCUT2D eigenvalue weighted by molar-refractivity contribution is 9.09. The number of carboxylic acid groups (broad SMARTS) is 1. The SMILES string of the molecule is C=CCN(C(=O)C1N(CCO)C(=O)[C@@H]2[C@H](C(=O)O)[C@H]3SC12CC3Br)C(C)(C)C. The summed E-state index contributed by atoms with van der Waals surface area (Å²) in [5, 5.41) is 19.1. The predicted molar refractivity (Wildman–Crippen MR) is 110 cm³/mol. The van der Waals surface area contributed by atoms with Crippen molar-refractivity contribution in [3.05, 3.63) is 12.7 Å². The van der Waals surface area contributed by atoms with E-state index in [1.807, 2.05) is 20.8 Å².